The van der Waals surface area contributed by atoms with Crippen molar-refractivity contribution in [3.63, 3.8) is 0 Å². The molecule has 29 heavy (non-hydrogen) atoms. The Balaban J connectivity index is 1.60. The number of aromatic nitrogens is 2. The van der Waals surface area contributed by atoms with Gasteiger partial charge in [0.05, 0.1) is 0 Å². The van der Waals surface area contributed by atoms with Crippen molar-refractivity contribution < 1.29 is 32.9 Å². The van der Waals surface area contributed by atoms with Crippen LogP contribution in [0.4, 0.5) is 19.4 Å². The van der Waals surface area contributed by atoms with Gasteiger partial charge in [-0.15, -0.1) is 0 Å². The van der Waals surface area contributed by atoms with Gasteiger partial charge in [-0.25, -0.2) is 9.59 Å². The van der Waals surface area contributed by atoms with E-state index in [0.717, 1.165) is 37.9 Å². The summed E-state index contributed by atoms with van der Waals surface area (Å²) >= 11 is 0. The SMILES string of the molecule is Nc1ccn([C@@H]2O[C@H](COC(=O)OC3/C=C/CCCCC3)C(O)C2(F)F)c(=O)n1. The van der Waals surface area contributed by atoms with E-state index < -0.39 is 48.9 Å². The Bertz CT molecular complexity index is 815. The fraction of sp³-hybridized carbons (Fsp3) is 0.611. The number of halogens is 2. The van der Waals surface area contributed by atoms with Crippen LogP contribution < -0.4 is 11.4 Å². The molecule has 2 unspecified atom stereocenters. The summed E-state index contributed by atoms with van der Waals surface area (Å²) in [7, 11) is 0. The van der Waals surface area contributed by atoms with E-state index in [1.54, 1.807) is 6.08 Å². The molecule has 1 aliphatic heterocycles. The van der Waals surface area contributed by atoms with Gasteiger partial charge in [0.2, 0.25) is 6.23 Å². The van der Waals surface area contributed by atoms with Crippen molar-refractivity contribution >= 4 is 12.0 Å². The Kier molecular flexibility index (Phi) is 6.48. The molecule has 9 nitrogen and oxygen atoms in total. The van der Waals surface area contributed by atoms with E-state index in [0.29, 0.717) is 11.0 Å². The summed E-state index contributed by atoms with van der Waals surface area (Å²) in [6.45, 7) is -0.667. The molecule has 1 saturated heterocycles. The molecule has 2 heterocycles. The third kappa shape index (κ3) is 4.91. The second-order valence-electron chi connectivity index (χ2n) is 6.97. The fourth-order valence-corrected chi connectivity index (χ4v) is 3.25. The smallest absolute Gasteiger partial charge is 0.431 e. The van der Waals surface area contributed by atoms with Crippen LogP contribution in [0.1, 0.15) is 38.3 Å². The van der Waals surface area contributed by atoms with Gasteiger partial charge in [0.1, 0.15) is 24.6 Å². The molecule has 0 amide bonds. The number of hydrogen-bond acceptors (Lipinski definition) is 8. The van der Waals surface area contributed by atoms with Crippen LogP contribution >= 0.6 is 0 Å². The predicted octanol–water partition coefficient (Wildman–Crippen LogP) is 1.76. The fourth-order valence-electron chi connectivity index (χ4n) is 3.25. The van der Waals surface area contributed by atoms with Gasteiger partial charge >= 0.3 is 17.8 Å². The number of alkyl halides is 2. The van der Waals surface area contributed by atoms with E-state index in [1.165, 1.54) is 0 Å². The lowest BCUT2D eigenvalue weighted by atomic mass is 10.0. The molecule has 1 aromatic heterocycles. The van der Waals surface area contributed by atoms with E-state index in [1.807, 2.05) is 6.08 Å². The number of aliphatic hydroxyl groups is 1. The average molecular weight is 415 g/mol. The van der Waals surface area contributed by atoms with Crippen molar-refractivity contribution in [2.24, 2.45) is 0 Å². The molecule has 4 atom stereocenters. The zero-order valence-electron chi connectivity index (χ0n) is 15.6. The topological polar surface area (TPSA) is 126 Å². The molecule has 3 rings (SSSR count). The van der Waals surface area contributed by atoms with E-state index in [4.69, 9.17) is 19.9 Å². The molecular weight excluding hydrogens is 392 g/mol. The van der Waals surface area contributed by atoms with E-state index in [9.17, 15) is 23.5 Å². The summed E-state index contributed by atoms with van der Waals surface area (Å²) in [6.07, 6.45) is 1.75. The number of carbonyl (C=O) groups excluding carboxylic acids is 1. The number of anilines is 1. The van der Waals surface area contributed by atoms with Crippen LogP contribution in [0.15, 0.2) is 29.2 Å². The minimum absolute atomic E-state index is 0.140. The first-order valence-corrected chi connectivity index (χ1v) is 9.35. The number of carbonyl (C=O) groups is 1. The normalized spacial score (nSPS) is 30.2. The van der Waals surface area contributed by atoms with Gasteiger partial charge in [0.15, 0.2) is 6.10 Å². The largest absolute Gasteiger partial charge is 0.508 e. The summed E-state index contributed by atoms with van der Waals surface area (Å²) in [4.78, 5) is 27.1. The van der Waals surface area contributed by atoms with Gasteiger partial charge in [0, 0.05) is 6.20 Å². The van der Waals surface area contributed by atoms with Crippen LogP contribution in [-0.2, 0) is 14.2 Å². The highest BCUT2D eigenvalue weighted by atomic mass is 19.3. The highest BCUT2D eigenvalue weighted by molar-refractivity contribution is 5.60. The van der Waals surface area contributed by atoms with E-state index >= 15 is 0 Å². The third-order valence-electron chi connectivity index (χ3n) is 4.81. The number of ether oxygens (including phenoxy) is 3. The zero-order chi connectivity index (χ0) is 21.0. The second kappa shape index (κ2) is 8.87. The minimum Gasteiger partial charge on any atom is -0.431 e. The second-order valence-corrected chi connectivity index (χ2v) is 6.97. The lowest BCUT2D eigenvalue weighted by Gasteiger charge is -2.20. The number of nitrogens with zero attached hydrogens (tertiary/aromatic N) is 2. The van der Waals surface area contributed by atoms with Crippen LogP contribution in [0, 0.1) is 0 Å². The van der Waals surface area contributed by atoms with Crippen molar-refractivity contribution in [3.05, 3.63) is 34.9 Å². The standard InChI is InChI=1S/C18H23F2N3O6/c19-18(20)14(24)12(29-15(18)23-9-8-13(21)22-16(23)25)10-27-17(26)28-11-6-4-2-1-3-5-7-11/h4,6,8-9,11-12,14-15,24H,1-3,5,7,10H2,(H2,21,22,25)/b6-4+/t11?,12-,14?,15-/m1/s1. The Hall–Kier alpha value is -2.53. The highest BCUT2D eigenvalue weighted by Crippen LogP contribution is 2.42. The molecule has 0 bridgehead atoms. The van der Waals surface area contributed by atoms with Gasteiger partial charge in [0.25, 0.3) is 0 Å². The highest BCUT2D eigenvalue weighted by Gasteiger charge is 2.60. The van der Waals surface area contributed by atoms with Gasteiger partial charge < -0.3 is 25.1 Å². The van der Waals surface area contributed by atoms with Gasteiger partial charge in [-0.2, -0.15) is 13.8 Å². The lowest BCUT2D eigenvalue weighted by molar-refractivity contribution is -0.141. The Labute approximate surface area is 165 Å². The summed E-state index contributed by atoms with van der Waals surface area (Å²) < 4.78 is 44.5. The first kappa shape index (κ1) is 21.2. The molecule has 160 valence electrons. The number of nitrogens with two attached hydrogens (primary N) is 1. The first-order chi connectivity index (χ1) is 13.8. The number of allylic oxidation sites excluding steroid dienone is 1. The molecule has 1 aromatic rings. The Morgan fingerprint density at radius 3 is 2.97 bits per heavy atom. The van der Waals surface area contributed by atoms with E-state index in [-0.39, 0.29) is 5.82 Å². The van der Waals surface area contributed by atoms with Crippen molar-refractivity contribution in [2.75, 3.05) is 12.3 Å². The van der Waals surface area contributed by atoms with Gasteiger partial charge in [-0.3, -0.25) is 4.57 Å². The average Bonchev–Trinajstić information content (AvgIpc) is 2.85. The van der Waals surface area contributed by atoms with Gasteiger partial charge in [-0.05, 0) is 37.8 Å². The van der Waals surface area contributed by atoms with Crippen molar-refractivity contribution in [3.8, 4) is 0 Å². The maximum atomic E-state index is 14.4. The molecule has 1 aliphatic carbocycles. The number of rotatable bonds is 4. The summed E-state index contributed by atoms with van der Waals surface area (Å²) in [5, 5.41) is 9.92. The molecule has 0 radical (unpaired) electrons. The first-order valence-electron chi connectivity index (χ1n) is 9.35. The summed E-state index contributed by atoms with van der Waals surface area (Å²) in [5.41, 5.74) is 4.29. The molecular formula is C18H23F2N3O6. The summed E-state index contributed by atoms with van der Waals surface area (Å²) in [5.74, 6) is -3.96. The molecule has 0 spiro atoms. The zero-order valence-corrected chi connectivity index (χ0v) is 15.6. The van der Waals surface area contributed by atoms with E-state index in [2.05, 4.69) is 4.98 Å². The number of nitrogen functional groups attached to an aromatic ring is 1. The summed E-state index contributed by atoms with van der Waals surface area (Å²) in [6, 6.07) is 1.15. The monoisotopic (exact) mass is 415 g/mol. The molecule has 0 saturated carbocycles. The molecule has 2 aliphatic rings. The minimum atomic E-state index is -3.82. The maximum Gasteiger partial charge on any atom is 0.508 e. The number of hydrogen-bond donors (Lipinski definition) is 2. The maximum absolute atomic E-state index is 14.4. The predicted molar refractivity (Wildman–Crippen MR) is 96.2 cm³/mol. The van der Waals surface area contributed by atoms with Gasteiger partial charge in [-0.1, -0.05) is 12.5 Å². The Morgan fingerprint density at radius 2 is 2.21 bits per heavy atom. The van der Waals surface area contributed by atoms with Crippen molar-refractivity contribution in [2.45, 2.75) is 62.6 Å². The third-order valence-corrected chi connectivity index (χ3v) is 4.81. The molecule has 3 N–H and O–H groups in total. The van der Waals surface area contributed by atoms with Crippen LogP contribution in [-0.4, -0.2) is 51.7 Å². The van der Waals surface area contributed by atoms with Crippen LogP contribution in [0.2, 0.25) is 0 Å². The van der Waals surface area contributed by atoms with Crippen LogP contribution in [0.3, 0.4) is 0 Å². The van der Waals surface area contributed by atoms with Crippen molar-refractivity contribution in [1.82, 2.24) is 9.55 Å². The molecule has 0 aromatic carbocycles. The number of aliphatic hydroxyl groups excluding tert-OH is 1. The van der Waals surface area contributed by atoms with Crippen LogP contribution in [0.5, 0.6) is 0 Å². The van der Waals surface area contributed by atoms with Crippen molar-refractivity contribution in [1.29, 1.82) is 0 Å². The molecule has 1 fully saturated rings. The lowest BCUT2D eigenvalue weighted by Crippen LogP contribution is -2.42. The molecule has 11 heteroatoms. The quantitative estimate of drug-likeness (QED) is 0.563. The van der Waals surface area contributed by atoms with Crippen LogP contribution in [0.25, 0.3) is 0 Å². The Morgan fingerprint density at radius 1 is 1.41 bits per heavy atom.